The quantitative estimate of drug-likeness (QED) is 0.785. The first-order valence-electron chi connectivity index (χ1n) is 6.44. The van der Waals surface area contributed by atoms with Crippen LogP contribution in [0.4, 0.5) is 9.18 Å². The van der Waals surface area contributed by atoms with E-state index in [0.29, 0.717) is 18.7 Å². The molecule has 1 aromatic heterocycles. The molecule has 1 aromatic rings. The summed E-state index contributed by atoms with van der Waals surface area (Å²) in [5, 5.41) is 0. The Morgan fingerprint density at radius 2 is 2.26 bits per heavy atom. The number of pyridine rings is 1. The number of aromatic nitrogens is 1. The minimum Gasteiger partial charge on any atom is -0.444 e. The summed E-state index contributed by atoms with van der Waals surface area (Å²) in [4.78, 5) is 17.5. The lowest BCUT2D eigenvalue weighted by atomic mass is 10.00. The zero-order chi connectivity index (χ0) is 14.0. The largest absolute Gasteiger partial charge is 0.444 e. The van der Waals surface area contributed by atoms with E-state index < -0.39 is 5.60 Å². The number of hydrogen-bond acceptors (Lipinski definition) is 3. The van der Waals surface area contributed by atoms with Crippen molar-refractivity contribution in [3.8, 4) is 0 Å². The molecule has 1 amide bonds. The summed E-state index contributed by atoms with van der Waals surface area (Å²) in [6.45, 7) is 6.57. The Morgan fingerprint density at radius 1 is 1.53 bits per heavy atom. The summed E-state index contributed by atoms with van der Waals surface area (Å²) in [6.07, 6.45) is 3.37. The maximum atomic E-state index is 13.7. The molecule has 4 nitrogen and oxygen atoms in total. The van der Waals surface area contributed by atoms with Crippen LogP contribution in [0.25, 0.3) is 0 Å². The predicted molar refractivity (Wildman–Crippen MR) is 69.4 cm³/mol. The van der Waals surface area contributed by atoms with E-state index in [0.717, 1.165) is 6.42 Å². The first-order chi connectivity index (χ1) is 8.87. The number of amides is 1. The minimum atomic E-state index is -0.505. The number of likely N-dealkylation sites (tertiary alicyclic amines) is 1. The van der Waals surface area contributed by atoms with E-state index in [1.54, 1.807) is 11.1 Å². The van der Waals surface area contributed by atoms with Crippen molar-refractivity contribution in [2.45, 2.75) is 38.7 Å². The van der Waals surface area contributed by atoms with Crippen molar-refractivity contribution in [2.24, 2.45) is 0 Å². The van der Waals surface area contributed by atoms with Crippen LogP contribution in [0.2, 0.25) is 0 Å². The summed E-state index contributed by atoms with van der Waals surface area (Å²) in [7, 11) is 0. The van der Waals surface area contributed by atoms with Crippen LogP contribution >= 0.6 is 0 Å². The molecular formula is C14H19FN2O2. The molecular weight excluding hydrogens is 247 g/mol. The monoisotopic (exact) mass is 266 g/mol. The van der Waals surface area contributed by atoms with Crippen molar-refractivity contribution in [1.82, 2.24) is 9.88 Å². The SMILES string of the molecule is CC(C)(C)OC(=O)N1CC[C@H](c2cnccc2F)C1. The minimum absolute atomic E-state index is 0.00113. The van der Waals surface area contributed by atoms with Gasteiger partial charge in [0, 0.05) is 37.0 Å². The molecule has 0 N–H and O–H groups in total. The van der Waals surface area contributed by atoms with Crippen LogP contribution in [-0.2, 0) is 4.74 Å². The van der Waals surface area contributed by atoms with Gasteiger partial charge < -0.3 is 9.64 Å². The number of rotatable bonds is 1. The highest BCUT2D eigenvalue weighted by atomic mass is 19.1. The Morgan fingerprint density at radius 3 is 2.89 bits per heavy atom. The molecule has 1 fully saturated rings. The van der Waals surface area contributed by atoms with Crippen molar-refractivity contribution in [2.75, 3.05) is 13.1 Å². The number of nitrogens with zero attached hydrogens (tertiary/aromatic N) is 2. The standard InChI is InChI=1S/C14H19FN2O2/c1-14(2,3)19-13(18)17-7-5-10(9-17)11-8-16-6-4-12(11)15/h4,6,8,10H,5,7,9H2,1-3H3/t10-/m0/s1. The molecule has 2 rings (SSSR count). The molecule has 0 saturated carbocycles. The van der Waals surface area contributed by atoms with Crippen molar-refractivity contribution < 1.29 is 13.9 Å². The second-order valence-corrected chi connectivity index (χ2v) is 5.81. The topological polar surface area (TPSA) is 42.4 Å². The number of halogens is 1. The lowest BCUT2D eigenvalue weighted by molar-refractivity contribution is 0.0292. The molecule has 1 saturated heterocycles. The van der Waals surface area contributed by atoms with Crippen molar-refractivity contribution in [3.05, 3.63) is 29.8 Å². The van der Waals surface area contributed by atoms with Gasteiger partial charge in [-0.1, -0.05) is 0 Å². The van der Waals surface area contributed by atoms with Crippen LogP contribution in [0.3, 0.4) is 0 Å². The van der Waals surface area contributed by atoms with Gasteiger partial charge in [-0.2, -0.15) is 0 Å². The van der Waals surface area contributed by atoms with E-state index in [-0.39, 0.29) is 17.8 Å². The van der Waals surface area contributed by atoms with Crippen LogP contribution in [0.1, 0.15) is 38.7 Å². The van der Waals surface area contributed by atoms with Gasteiger partial charge in [-0.15, -0.1) is 0 Å². The first kappa shape index (κ1) is 13.8. The van der Waals surface area contributed by atoms with E-state index in [9.17, 15) is 9.18 Å². The average Bonchev–Trinajstić information content (AvgIpc) is 2.76. The second kappa shape index (κ2) is 5.15. The average molecular weight is 266 g/mol. The zero-order valence-electron chi connectivity index (χ0n) is 11.5. The fraction of sp³-hybridized carbons (Fsp3) is 0.571. The molecule has 1 aliphatic rings. The lowest BCUT2D eigenvalue weighted by Gasteiger charge is -2.24. The van der Waals surface area contributed by atoms with Crippen LogP contribution in [0.15, 0.2) is 18.5 Å². The predicted octanol–water partition coefficient (Wildman–Crippen LogP) is 2.95. The number of carbonyl (C=O) groups is 1. The number of hydrogen-bond donors (Lipinski definition) is 0. The molecule has 1 atom stereocenters. The van der Waals surface area contributed by atoms with Gasteiger partial charge in [0.25, 0.3) is 0 Å². The van der Waals surface area contributed by atoms with Gasteiger partial charge in [0.05, 0.1) is 0 Å². The maximum Gasteiger partial charge on any atom is 0.410 e. The van der Waals surface area contributed by atoms with E-state index in [4.69, 9.17) is 4.74 Å². The van der Waals surface area contributed by atoms with Gasteiger partial charge in [-0.3, -0.25) is 4.98 Å². The van der Waals surface area contributed by atoms with E-state index in [1.165, 1.54) is 12.3 Å². The van der Waals surface area contributed by atoms with Gasteiger partial charge >= 0.3 is 6.09 Å². The number of ether oxygens (including phenoxy) is 1. The second-order valence-electron chi connectivity index (χ2n) is 5.81. The molecule has 1 aliphatic heterocycles. The molecule has 0 aromatic carbocycles. The van der Waals surface area contributed by atoms with Gasteiger partial charge in [-0.05, 0) is 33.3 Å². The van der Waals surface area contributed by atoms with E-state index in [2.05, 4.69) is 4.98 Å². The molecule has 0 radical (unpaired) electrons. The Bertz CT molecular complexity index is 471. The zero-order valence-corrected chi connectivity index (χ0v) is 11.5. The molecule has 0 aliphatic carbocycles. The van der Waals surface area contributed by atoms with Crippen molar-refractivity contribution in [1.29, 1.82) is 0 Å². The Balaban J connectivity index is 2.01. The summed E-state index contributed by atoms with van der Waals surface area (Å²) in [6, 6.07) is 1.35. The third kappa shape index (κ3) is 3.43. The molecule has 0 spiro atoms. The molecule has 19 heavy (non-hydrogen) atoms. The third-order valence-corrected chi connectivity index (χ3v) is 3.08. The molecule has 2 heterocycles. The summed E-state index contributed by atoms with van der Waals surface area (Å²) in [5.74, 6) is -0.257. The maximum absolute atomic E-state index is 13.7. The Hall–Kier alpha value is -1.65. The summed E-state index contributed by atoms with van der Waals surface area (Å²) >= 11 is 0. The fourth-order valence-electron chi connectivity index (χ4n) is 2.20. The van der Waals surface area contributed by atoms with Crippen LogP contribution in [0.5, 0.6) is 0 Å². The molecule has 104 valence electrons. The third-order valence-electron chi connectivity index (χ3n) is 3.08. The lowest BCUT2D eigenvalue weighted by Crippen LogP contribution is -2.35. The normalized spacial score (nSPS) is 19.6. The van der Waals surface area contributed by atoms with E-state index >= 15 is 0 Å². The van der Waals surface area contributed by atoms with Gasteiger partial charge in [0.1, 0.15) is 11.4 Å². The van der Waals surface area contributed by atoms with Gasteiger partial charge in [0.15, 0.2) is 0 Å². The number of carbonyl (C=O) groups excluding carboxylic acids is 1. The highest BCUT2D eigenvalue weighted by Gasteiger charge is 2.31. The molecule has 0 bridgehead atoms. The Kier molecular flexibility index (Phi) is 3.73. The Labute approximate surface area is 112 Å². The molecule has 0 unspecified atom stereocenters. The van der Waals surface area contributed by atoms with Crippen LogP contribution in [0, 0.1) is 5.82 Å². The van der Waals surface area contributed by atoms with Gasteiger partial charge in [-0.25, -0.2) is 9.18 Å². The first-order valence-corrected chi connectivity index (χ1v) is 6.44. The van der Waals surface area contributed by atoms with Crippen LogP contribution < -0.4 is 0 Å². The van der Waals surface area contributed by atoms with Crippen molar-refractivity contribution >= 4 is 6.09 Å². The summed E-state index contributed by atoms with van der Waals surface area (Å²) < 4.78 is 19.0. The molecule has 5 heteroatoms. The highest BCUT2D eigenvalue weighted by Crippen LogP contribution is 2.29. The van der Waals surface area contributed by atoms with Gasteiger partial charge in [0.2, 0.25) is 0 Å². The highest BCUT2D eigenvalue weighted by molar-refractivity contribution is 5.68. The van der Waals surface area contributed by atoms with Crippen LogP contribution in [-0.4, -0.2) is 34.7 Å². The van der Waals surface area contributed by atoms with Crippen molar-refractivity contribution in [3.63, 3.8) is 0 Å². The summed E-state index contributed by atoms with van der Waals surface area (Å²) in [5.41, 5.74) is 0.0721. The van der Waals surface area contributed by atoms with E-state index in [1.807, 2.05) is 20.8 Å². The fourth-order valence-corrected chi connectivity index (χ4v) is 2.20. The smallest absolute Gasteiger partial charge is 0.410 e.